The number of benzene rings is 2. The minimum Gasteiger partial charge on any atom is -0.497 e. The molecule has 11 nitrogen and oxygen atoms in total. The second-order valence-corrected chi connectivity index (χ2v) is 11.5. The molecule has 0 amide bonds. The van der Waals surface area contributed by atoms with E-state index in [1.165, 1.54) is 19.2 Å². The summed E-state index contributed by atoms with van der Waals surface area (Å²) in [5.41, 5.74) is 1.14. The standard InChI is InChI=1S/C21H26N2O9S2/c1-13-7-16(30-3)8-14(2)20(13)34(28,29)23(17(21(24)25)10-22-33(4,26)27)11-15-5-6-18-19(9-15)32-12-31-18/h5-9,17,22H,10-12H2,1-4H3,(H,24,25)/t17-/m1/s1. The molecule has 0 radical (unpaired) electrons. The van der Waals surface area contributed by atoms with Gasteiger partial charge in [0.1, 0.15) is 11.8 Å². The van der Waals surface area contributed by atoms with E-state index in [0.717, 1.165) is 10.6 Å². The van der Waals surface area contributed by atoms with Crippen molar-refractivity contribution in [2.24, 2.45) is 0 Å². The number of aryl methyl sites for hydroxylation is 2. The maximum absolute atomic E-state index is 13.9. The summed E-state index contributed by atoms with van der Waals surface area (Å²) in [7, 11) is -6.76. The number of hydrogen-bond acceptors (Lipinski definition) is 8. The van der Waals surface area contributed by atoms with Crippen LogP contribution in [0.4, 0.5) is 0 Å². The molecule has 1 heterocycles. The van der Waals surface area contributed by atoms with Crippen molar-refractivity contribution in [1.82, 2.24) is 9.03 Å². The van der Waals surface area contributed by atoms with Crippen LogP contribution in [-0.2, 0) is 31.4 Å². The monoisotopic (exact) mass is 514 g/mol. The summed E-state index contributed by atoms with van der Waals surface area (Å²) in [6.07, 6.45) is 0.861. The number of carboxylic acids is 1. The zero-order valence-corrected chi connectivity index (χ0v) is 20.7. The van der Waals surface area contributed by atoms with Crippen LogP contribution in [0.5, 0.6) is 17.2 Å². The molecule has 3 rings (SSSR count). The lowest BCUT2D eigenvalue weighted by atomic mass is 10.1. The molecule has 0 aromatic heterocycles. The van der Waals surface area contributed by atoms with Crippen molar-refractivity contribution >= 4 is 26.0 Å². The minimum atomic E-state index is -4.42. The van der Waals surface area contributed by atoms with Crippen molar-refractivity contribution in [2.45, 2.75) is 31.3 Å². The van der Waals surface area contributed by atoms with Gasteiger partial charge >= 0.3 is 5.97 Å². The Hall–Kier alpha value is -2.87. The van der Waals surface area contributed by atoms with Crippen LogP contribution < -0.4 is 18.9 Å². The van der Waals surface area contributed by atoms with Gasteiger partial charge in [0.25, 0.3) is 0 Å². The van der Waals surface area contributed by atoms with E-state index in [2.05, 4.69) is 4.72 Å². The fraction of sp³-hybridized carbons (Fsp3) is 0.381. The number of carbonyl (C=O) groups is 1. The molecule has 34 heavy (non-hydrogen) atoms. The molecule has 0 saturated carbocycles. The van der Waals surface area contributed by atoms with Gasteiger partial charge < -0.3 is 19.3 Å². The largest absolute Gasteiger partial charge is 0.497 e. The Morgan fingerprint density at radius 3 is 2.29 bits per heavy atom. The second-order valence-electron chi connectivity index (χ2n) is 7.80. The number of nitrogens with zero attached hydrogens (tertiary/aromatic N) is 1. The van der Waals surface area contributed by atoms with E-state index in [1.807, 2.05) is 0 Å². The van der Waals surface area contributed by atoms with Gasteiger partial charge in [-0.15, -0.1) is 0 Å². The number of hydrogen-bond donors (Lipinski definition) is 2. The van der Waals surface area contributed by atoms with Crippen LogP contribution >= 0.6 is 0 Å². The fourth-order valence-corrected chi connectivity index (χ4v) is 6.12. The van der Waals surface area contributed by atoms with Crippen molar-refractivity contribution in [2.75, 3.05) is 26.7 Å². The molecule has 2 N–H and O–H groups in total. The zero-order chi connectivity index (χ0) is 25.3. The number of ether oxygens (including phenoxy) is 3. The van der Waals surface area contributed by atoms with E-state index in [4.69, 9.17) is 14.2 Å². The Morgan fingerprint density at radius 1 is 1.12 bits per heavy atom. The summed E-state index contributed by atoms with van der Waals surface area (Å²) in [5.74, 6) is -0.185. The third kappa shape index (κ3) is 5.60. The molecule has 0 bridgehead atoms. The van der Waals surface area contributed by atoms with Crippen molar-refractivity contribution in [3.8, 4) is 17.2 Å². The predicted octanol–water partition coefficient (Wildman–Crippen LogP) is 1.23. The van der Waals surface area contributed by atoms with Gasteiger partial charge in [0, 0.05) is 13.1 Å². The Morgan fingerprint density at radius 2 is 1.74 bits per heavy atom. The lowest BCUT2D eigenvalue weighted by Crippen LogP contribution is -2.50. The lowest BCUT2D eigenvalue weighted by Gasteiger charge is -2.29. The Labute approximate surface area is 198 Å². The molecule has 13 heteroatoms. The van der Waals surface area contributed by atoms with Crippen LogP contribution in [0.1, 0.15) is 16.7 Å². The normalized spacial score (nSPS) is 14.3. The molecule has 1 atom stereocenters. The maximum Gasteiger partial charge on any atom is 0.323 e. The summed E-state index contributed by atoms with van der Waals surface area (Å²) >= 11 is 0. The van der Waals surface area contributed by atoms with Crippen LogP contribution in [0.2, 0.25) is 0 Å². The Kier molecular flexibility index (Phi) is 7.41. The zero-order valence-electron chi connectivity index (χ0n) is 19.1. The highest BCUT2D eigenvalue weighted by Gasteiger charge is 2.38. The molecule has 0 spiro atoms. The van der Waals surface area contributed by atoms with Crippen LogP contribution in [0, 0.1) is 13.8 Å². The number of rotatable bonds is 10. The summed E-state index contributed by atoms with van der Waals surface area (Å²) in [6.45, 7) is 2.15. The third-order valence-corrected chi connectivity index (χ3v) is 8.04. The van der Waals surface area contributed by atoms with Gasteiger partial charge in [0.05, 0.1) is 18.3 Å². The van der Waals surface area contributed by atoms with Crippen molar-refractivity contribution < 1.29 is 40.9 Å². The van der Waals surface area contributed by atoms with E-state index in [-0.39, 0.29) is 18.2 Å². The number of methoxy groups -OCH3 is 1. The first-order valence-electron chi connectivity index (χ1n) is 10.1. The number of sulfonamides is 2. The fourth-order valence-electron chi connectivity index (χ4n) is 3.68. The third-order valence-electron chi connectivity index (χ3n) is 5.18. The van der Waals surface area contributed by atoms with Gasteiger partial charge in [-0.3, -0.25) is 4.79 Å². The molecule has 0 aliphatic carbocycles. The van der Waals surface area contributed by atoms with Gasteiger partial charge in [-0.05, 0) is 54.8 Å². The summed E-state index contributed by atoms with van der Waals surface area (Å²) < 4.78 is 69.7. The summed E-state index contributed by atoms with van der Waals surface area (Å²) in [5, 5.41) is 9.90. The average Bonchev–Trinajstić information content (AvgIpc) is 3.19. The maximum atomic E-state index is 13.9. The summed E-state index contributed by atoms with van der Waals surface area (Å²) in [4.78, 5) is 12.1. The SMILES string of the molecule is COc1cc(C)c(S(=O)(=O)N(Cc2ccc3c(c2)OCO3)[C@H](CNS(C)(=O)=O)C(=O)O)c(C)c1. The molecular weight excluding hydrogens is 488 g/mol. The van der Waals surface area contributed by atoms with Crippen molar-refractivity contribution in [3.05, 3.63) is 47.0 Å². The van der Waals surface area contributed by atoms with E-state index in [1.54, 1.807) is 32.0 Å². The van der Waals surface area contributed by atoms with E-state index < -0.39 is 38.6 Å². The molecule has 0 fully saturated rings. The Bertz CT molecular complexity index is 1280. The van der Waals surface area contributed by atoms with E-state index in [9.17, 15) is 26.7 Å². The first kappa shape index (κ1) is 25.7. The van der Waals surface area contributed by atoms with Crippen LogP contribution in [0.25, 0.3) is 0 Å². The van der Waals surface area contributed by atoms with Crippen LogP contribution in [0.15, 0.2) is 35.2 Å². The molecular formula is C21H26N2O9S2. The summed E-state index contributed by atoms with van der Waals surface area (Å²) in [6, 6.07) is 6.07. The van der Waals surface area contributed by atoms with Crippen molar-refractivity contribution in [1.29, 1.82) is 0 Å². The first-order chi connectivity index (χ1) is 15.8. The number of nitrogens with one attached hydrogen (secondary N) is 1. The van der Waals surface area contributed by atoms with Crippen LogP contribution in [0.3, 0.4) is 0 Å². The van der Waals surface area contributed by atoms with Gasteiger partial charge in [-0.2, -0.15) is 4.31 Å². The highest BCUT2D eigenvalue weighted by Crippen LogP contribution is 2.35. The van der Waals surface area contributed by atoms with E-state index >= 15 is 0 Å². The van der Waals surface area contributed by atoms with Crippen molar-refractivity contribution in [3.63, 3.8) is 0 Å². The topological polar surface area (TPSA) is 149 Å². The number of carboxylic acid groups (broad SMARTS) is 1. The second kappa shape index (κ2) is 9.78. The molecule has 0 saturated heterocycles. The quantitative estimate of drug-likeness (QED) is 0.477. The van der Waals surface area contributed by atoms with Gasteiger partial charge in [0.15, 0.2) is 11.5 Å². The number of fused-ring (bicyclic) bond motifs is 1. The highest BCUT2D eigenvalue weighted by molar-refractivity contribution is 7.89. The van der Waals surface area contributed by atoms with Gasteiger partial charge in [0.2, 0.25) is 26.8 Å². The number of aliphatic carboxylic acids is 1. The molecule has 1 aliphatic rings. The van der Waals surface area contributed by atoms with Gasteiger partial charge in [-0.25, -0.2) is 21.6 Å². The first-order valence-corrected chi connectivity index (χ1v) is 13.4. The Balaban J connectivity index is 2.12. The van der Waals surface area contributed by atoms with Crippen LogP contribution in [-0.4, -0.2) is 65.0 Å². The average molecular weight is 515 g/mol. The molecule has 2 aromatic rings. The molecule has 186 valence electrons. The molecule has 1 aliphatic heterocycles. The molecule has 2 aromatic carbocycles. The van der Waals surface area contributed by atoms with E-state index in [0.29, 0.717) is 33.9 Å². The predicted molar refractivity (Wildman–Crippen MR) is 122 cm³/mol. The van der Waals surface area contributed by atoms with Gasteiger partial charge in [-0.1, -0.05) is 6.07 Å². The minimum absolute atomic E-state index is 0.0149. The smallest absolute Gasteiger partial charge is 0.323 e. The lowest BCUT2D eigenvalue weighted by molar-refractivity contribution is -0.141. The molecule has 0 unspecified atom stereocenters. The highest BCUT2D eigenvalue weighted by atomic mass is 32.2.